The molecule has 2 aromatic rings. The third-order valence-electron chi connectivity index (χ3n) is 9.74. The standard InChI is InChI=1S/C41H62O2S2/c1-5-7-9-11-13-15-17-19-21-23-29-41(30-24-22-20-18-16-14-12-10-8-6-2)39-31-35(44-33(3)42)25-27-37(39)38-28-26-36(32-40(38)41)45-34(4)43/h25-28,31-32H,5-24,29-30H2,1-4H3. The van der Waals surface area contributed by atoms with Crippen LogP contribution in [-0.2, 0) is 15.0 Å². The third-order valence-corrected chi connectivity index (χ3v) is 11.3. The van der Waals surface area contributed by atoms with E-state index in [2.05, 4.69) is 50.2 Å². The van der Waals surface area contributed by atoms with E-state index in [1.54, 1.807) is 13.8 Å². The van der Waals surface area contributed by atoms with E-state index >= 15 is 0 Å². The van der Waals surface area contributed by atoms with E-state index in [1.165, 1.54) is 174 Å². The topological polar surface area (TPSA) is 34.1 Å². The predicted octanol–water partition coefficient (Wildman–Crippen LogP) is 13.9. The smallest absolute Gasteiger partial charge is 0.190 e. The number of benzene rings is 2. The average Bonchev–Trinajstić information content (AvgIpc) is 3.26. The number of hydrogen-bond acceptors (Lipinski definition) is 4. The maximum atomic E-state index is 12.1. The van der Waals surface area contributed by atoms with E-state index in [0.717, 1.165) is 22.6 Å². The van der Waals surface area contributed by atoms with Gasteiger partial charge in [0.1, 0.15) is 0 Å². The number of unbranched alkanes of at least 4 members (excludes halogenated alkanes) is 18. The van der Waals surface area contributed by atoms with E-state index in [-0.39, 0.29) is 15.6 Å². The van der Waals surface area contributed by atoms with Crippen LogP contribution in [0.3, 0.4) is 0 Å². The first-order valence-electron chi connectivity index (χ1n) is 18.6. The predicted molar refractivity (Wildman–Crippen MR) is 199 cm³/mol. The highest BCUT2D eigenvalue weighted by Gasteiger charge is 2.42. The maximum absolute atomic E-state index is 12.1. The lowest BCUT2D eigenvalue weighted by atomic mass is 9.70. The Hall–Kier alpha value is -1.52. The van der Waals surface area contributed by atoms with Crippen molar-refractivity contribution >= 4 is 33.8 Å². The van der Waals surface area contributed by atoms with Crippen LogP contribution in [0.5, 0.6) is 0 Å². The summed E-state index contributed by atoms with van der Waals surface area (Å²) in [6, 6.07) is 13.5. The van der Waals surface area contributed by atoms with Crippen molar-refractivity contribution in [1.82, 2.24) is 0 Å². The summed E-state index contributed by atoms with van der Waals surface area (Å²) in [5, 5.41) is 0.279. The summed E-state index contributed by atoms with van der Waals surface area (Å²) in [5.41, 5.74) is 5.44. The second-order valence-electron chi connectivity index (χ2n) is 13.5. The number of hydrogen-bond donors (Lipinski definition) is 0. The van der Waals surface area contributed by atoms with Crippen LogP contribution >= 0.6 is 23.5 Å². The number of thioether (sulfide) groups is 2. The van der Waals surface area contributed by atoms with Gasteiger partial charge >= 0.3 is 0 Å². The molecule has 0 radical (unpaired) electrons. The van der Waals surface area contributed by atoms with Crippen LogP contribution in [0.4, 0.5) is 0 Å². The van der Waals surface area contributed by atoms with Gasteiger partial charge in [-0.3, -0.25) is 9.59 Å². The molecule has 250 valence electrons. The Labute approximate surface area is 285 Å². The zero-order valence-electron chi connectivity index (χ0n) is 29.2. The lowest BCUT2D eigenvalue weighted by Gasteiger charge is -2.33. The van der Waals surface area contributed by atoms with Gasteiger partial charge in [0.25, 0.3) is 0 Å². The summed E-state index contributed by atoms with van der Waals surface area (Å²) in [4.78, 5) is 26.3. The van der Waals surface area contributed by atoms with Crippen LogP contribution in [0.15, 0.2) is 46.2 Å². The van der Waals surface area contributed by atoms with Crippen molar-refractivity contribution < 1.29 is 9.59 Å². The van der Waals surface area contributed by atoms with Crippen LogP contribution in [0.1, 0.15) is 180 Å². The van der Waals surface area contributed by atoms with Gasteiger partial charge in [0.15, 0.2) is 10.2 Å². The minimum absolute atomic E-state index is 0.0499. The Bertz CT molecular complexity index is 1080. The number of rotatable bonds is 24. The molecule has 45 heavy (non-hydrogen) atoms. The monoisotopic (exact) mass is 650 g/mol. The molecular formula is C41H62O2S2. The van der Waals surface area contributed by atoms with Crippen molar-refractivity contribution in [2.24, 2.45) is 0 Å². The molecule has 0 spiro atoms. The van der Waals surface area contributed by atoms with Crippen LogP contribution < -0.4 is 0 Å². The first-order chi connectivity index (χ1) is 21.9. The highest BCUT2D eigenvalue weighted by molar-refractivity contribution is 8.13. The third kappa shape index (κ3) is 12.5. The minimum atomic E-state index is -0.0499. The van der Waals surface area contributed by atoms with Crippen LogP contribution in [0.2, 0.25) is 0 Å². The normalized spacial score (nSPS) is 13.2. The number of fused-ring (bicyclic) bond motifs is 3. The largest absolute Gasteiger partial charge is 0.287 e. The van der Waals surface area contributed by atoms with Gasteiger partial charge in [0.05, 0.1) is 0 Å². The van der Waals surface area contributed by atoms with Gasteiger partial charge in [-0.1, -0.05) is 178 Å². The van der Waals surface area contributed by atoms with Gasteiger partial charge in [0, 0.05) is 29.1 Å². The molecular weight excluding hydrogens is 589 g/mol. The second-order valence-corrected chi connectivity index (χ2v) is 16.0. The molecule has 0 bridgehead atoms. The molecule has 1 aliphatic carbocycles. The molecule has 2 aromatic carbocycles. The summed E-state index contributed by atoms with van der Waals surface area (Å²) in [7, 11) is 0. The lowest BCUT2D eigenvalue weighted by molar-refractivity contribution is -0.109. The quantitative estimate of drug-likeness (QED) is 0.0836. The van der Waals surface area contributed by atoms with Gasteiger partial charge < -0.3 is 0 Å². The average molecular weight is 651 g/mol. The molecule has 0 N–H and O–H groups in total. The molecule has 3 rings (SSSR count). The fourth-order valence-corrected chi connectivity index (χ4v) is 8.69. The minimum Gasteiger partial charge on any atom is -0.287 e. The molecule has 4 heteroatoms. The molecule has 1 aliphatic rings. The zero-order chi connectivity index (χ0) is 32.3. The van der Waals surface area contributed by atoms with E-state index in [1.807, 2.05) is 0 Å². The first kappa shape index (κ1) is 37.9. The summed E-state index contributed by atoms with van der Waals surface area (Å²) in [5.74, 6) is 0. The van der Waals surface area contributed by atoms with Crippen LogP contribution in [-0.4, -0.2) is 10.2 Å². The van der Waals surface area contributed by atoms with Gasteiger partial charge in [-0.25, -0.2) is 0 Å². The fraction of sp³-hybridized carbons (Fsp3) is 0.659. The van der Waals surface area contributed by atoms with Gasteiger partial charge in [-0.05, 0) is 59.4 Å². The van der Waals surface area contributed by atoms with Crippen molar-refractivity contribution in [2.75, 3.05) is 0 Å². The van der Waals surface area contributed by atoms with E-state index in [4.69, 9.17) is 0 Å². The van der Waals surface area contributed by atoms with Gasteiger partial charge in [-0.15, -0.1) is 0 Å². The number of carbonyl (C=O) groups is 2. The Kier molecular flexibility index (Phi) is 18.0. The van der Waals surface area contributed by atoms with Crippen molar-refractivity contribution in [3.05, 3.63) is 47.5 Å². The Balaban J connectivity index is 1.76. The summed E-state index contributed by atoms with van der Waals surface area (Å²) < 4.78 is 0. The van der Waals surface area contributed by atoms with Crippen molar-refractivity contribution in [1.29, 1.82) is 0 Å². The first-order valence-corrected chi connectivity index (χ1v) is 20.2. The molecule has 0 saturated heterocycles. The molecule has 2 nitrogen and oxygen atoms in total. The summed E-state index contributed by atoms with van der Waals surface area (Å²) in [6.45, 7) is 7.91. The molecule has 0 aliphatic heterocycles. The summed E-state index contributed by atoms with van der Waals surface area (Å²) >= 11 is 2.71. The van der Waals surface area contributed by atoms with Crippen LogP contribution in [0.25, 0.3) is 11.1 Å². The zero-order valence-corrected chi connectivity index (χ0v) is 30.8. The second kappa shape index (κ2) is 21.4. The van der Waals surface area contributed by atoms with E-state index in [0.29, 0.717) is 0 Å². The maximum Gasteiger partial charge on any atom is 0.190 e. The SMILES string of the molecule is CCCCCCCCCCCCC1(CCCCCCCCCCCC)c2cc(SC(C)=O)ccc2-c2ccc(SC(C)=O)cc21. The van der Waals surface area contributed by atoms with Gasteiger partial charge in [0.2, 0.25) is 0 Å². The van der Waals surface area contributed by atoms with Crippen molar-refractivity contribution in [3.63, 3.8) is 0 Å². The van der Waals surface area contributed by atoms with E-state index in [9.17, 15) is 9.59 Å². The highest BCUT2D eigenvalue weighted by Crippen LogP contribution is 2.55. The fourth-order valence-electron chi connectivity index (χ4n) is 7.40. The van der Waals surface area contributed by atoms with Gasteiger partial charge in [-0.2, -0.15) is 0 Å². The molecule has 0 unspecified atom stereocenters. The molecule has 0 atom stereocenters. The molecule has 0 heterocycles. The lowest BCUT2D eigenvalue weighted by Crippen LogP contribution is -2.25. The Morgan fingerprint density at radius 1 is 0.489 bits per heavy atom. The molecule has 0 amide bonds. The van der Waals surface area contributed by atoms with E-state index < -0.39 is 0 Å². The summed E-state index contributed by atoms with van der Waals surface area (Å²) in [6.07, 6.45) is 29.1. The Morgan fingerprint density at radius 3 is 1.11 bits per heavy atom. The molecule has 0 fully saturated rings. The molecule has 0 aromatic heterocycles. The number of carbonyl (C=O) groups excluding carboxylic acids is 2. The molecule has 0 saturated carbocycles. The van der Waals surface area contributed by atoms with Crippen molar-refractivity contribution in [3.8, 4) is 11.1 Å². The Morgan fingerprint density at radius 2 is 0.800 bits per heavy atom. The van der Waals surface area contributed by atoms with Crippen LogP contribution in [0, 0.1) is 0 Å². The van der Waals surface area contributed by atoms with Crippen molar-refractivity contribution in [2.45, 2.75) is 184 Å². The highest BCUT2D eigenvalue weighted by atomic mass is 32.2.